The molecule has 0 bridgehead atoms. The normalized spacial score (nSPS) is 26.0. The summed E-state index contributed by atoms with van der Waals surface area (Å²) < 4.78 is 28.5. The molecule has 2 unspecified atom stereocenters. The molecule has 2 atom stereocenters. The summed E-state index contributed by atoms with van der Waals surface area (Å²) in [6, 6.07) is -1.00. The first-order valence-electron chi connectivity index (χ1n) is 6.12. The molecule has 0 aromatic heterocycles. The minimum absolute atomic E-state index is 0.0471. The quantitative estimate of drug-likeness (QED) is 0.812. The average Bonchev–Trinajstić information content (AvgIpc) is 2.57. The highest BCUT2D eigenvalue weighted by molar-refractivity contribution is 8.01. The van der Waals surface area contributed by atoms with Crippen LogP contribution in [0.25, 0.3) is 0 Å². The van der Waals surface area contributed by atoms with Crippen LogP contribution in [0.5, 0.6) is 0 Å². The van der Waals surface area contributed by atoms with Gasteiger partial charge >= 0.3 is 5.97 Å². The lowest BCUT2D eigenvalue weighted by molar-refractivity contribution is -0.140. The fourth-order valence-corrected chi connectivity index (χ4v) is 5.80. The Morgan fingerprint density at radius 2 is 1.95 bits per heavy atom. The van der Waals surface area contributed by atoms with E-state index in [0.717, 1.165) is 4.31 Å². The van der Waals surface area contributed by atoms with Crippen molar-refractivity contribution in [3.63, 3.8) is 0 Å². The molecule has 0 aliphatic carbocycles. The first-order chi connectivity index (χ1) is 8.46. The van der Waals surface area contributed by atoms with Crippen LogP contribution in [0, 0.1) is 5.92 Å². The minimum Gasteiger partial charge on any atom is -0.480 e. The molecule has 1 saturated heterocycles. The molecule has 1 rings (SSSR count). The van der Waals surface area contributed by atoms with E-state index in [1.165, 1.54) is 11.8 Å². The van der Waals surface area contributed by atoms with E-state index < -0.39 is 27.8 Å². The van der Waals surface area contributed by atoms with E-state index >= 15 is 0 Å². The van der Waals surface area contributed by atoms with E-state index in [1.807, 2.05) is 13.8 Å². The van der Waals surface area contributed by atoms with Crippen LogP contribution in [0.15, 0.2) is 0 Å². The number of rotatable bonds is 4. The molecule has 0 amide bonds. The molecular formula is C11H22N2O4S2. The average molecular weight is 310 g/mol. The summed E-state index contributed by atoms with van der Waals surface area (Å²) in [7, 11) is -3.82. The van der Waals surface area contributed by atoms with Crippen molar-refractivity contribution in [1.82, 2.24) is 9.03 Å². The summed E-state index contributed by atoms with van der Waals surface area (Å²) in [5, 5.41) is 8.85. The van der Waals surface area contributed by atoms with Crippen LogP contribution >= 0.6 is 11.8 Å². The van der Waals surface area contributed by atoms with Gasteiger partial charge in [0.05, 0.1) is 5.37 Å². The fourth-order valence-electron chi connectivity index (χ4n) is 1.92. The third kappa shape index (κ3) is 4.08. The number of hydrogen-bond acceptors (Lipinski definition) is 4. The number of hydrogen-bond donors (Lipinski definition) is 2. The van der Waals surface area contributed by atoms with Crippen molar-refractivity contribution in [2.45, 2.75) is 51.6 Å². The van der Waals surface area contributed by atoms with Crippen molar-refractivity contribution in [2.24, 2.45) is 5.92 Å². The van der Waals surface area contributed by atoms with Gasteiger partial charge in [0, 0.05) is 11.3 Å². The molecule has 6 nitrogen and oxygen atoms in total. The van der Waals surface area contributed by atoms with Gasteiger partial charge in [-0.25, -0.2) is 0 Å². The molecule has 1 fully saturated rings. The highest BCUT2D eigenvalue weighted by Gasteiger charge is 2.47. The van der Waals surface area contributed by atoms with Gasteiger partial charge in [0.1, 0.15) is 6.04 Å². The van der Waals surface area contributed by atoms with Gasteiger partial charge in [0.15, 0.2) is 0 Å². The number of nitrogens with zero attached hydrogens (tertiary/aromatic N) is 1. The lowest BCUT2D eigenvalue weighted by atomic mass is 10.1. The van der Waals surface area contributed by atoms with Gasteiger partial charge < -0.3 is 5.11 Å². The van der Waals surface area contributed by atoms with Gasteiger partial charge in [-0.2, -0.15) is 17.4 Å². The molecule has 112 valence electrons. The molecule has 0 saturated carbocycles. The lowest BCUT2D eigenvalue weighted by Crippen LogP contribution is -2.55. The Morgan fingerprint density at radius 3 is 2.32 bits per heavy atom. The zero-order valence-corrected chi connectivity index (χ0v) is 13.5. The minimum atomic E-state index is -3.82. The Labute approximate surface area is 119 Å². The van der Waals surface area contributed by atoms with Crippen LogP contribution in [0.1, 0.15) is 34.6 Å². The van der Waals surface area contributed by atoms with Crippen LogP contribution < -0.4 is 4.72 Å². The predicted molar refractivity (Wildman–Crippen MR) is 76.2 cm³/mol. The number of thioether (sulfide) groups is 1. The zero-order valence-electron chi connectivity index (χ0n) is 11.9. The van der Waals surface area contributed by atoms with Crippen LogP contribution in [-0.2, 0) is 15.0 Å². The molecule has 0 radical (unpaired) electrons. The van der Waals surface area contributed by atoms with Crippen molar-refractivity contribution in [3.05, 3.63) is 0 Å². The first-order valence-corrected chi connectivity index (χ1v) is 8.61. The zero-order chi connectivity index (χ0) is 15.0. The van der Waals surface area contributed by atoms with Crippen LogP contribution in [0.3, 0.4) is 0 Å². The second-order valence-corrected chi connectivity index (χ2v) is 8.73. The molecule has 8 heteroatoms. The molecule has 0 aromatic carbocycles. The van der Waals surface area contributed by atoms with Crippen LogP contribution in [0.2, 0.25) is 0 Å². The molecular weight excluding hydrogens is 288 g/mol. The summed E-state index contributed by atoms with van der Waals surface area (Å²) in [5.74, 6) is -0.774. The van der Waals surface area contributed by atoms with Gasteiger partial charge in [-0.1, -0.05) is 13.8 Å². The number of carboxylic acids is 1. The van der Waals surface area contributed by atoms with Crippen molar-refractivity contribution < 1.29 is 18.3 Å². The number of aliphatic carboxylic acids is 1. The lowest BCUT2D eigenvalue weighted by Gasteiger charge is -2.32. The van der Waals surface area contributed by atoms with Gasteiger partial charge in [0.25, 0.3) is 10.2 Å². The van der Waals surface area contributed by atoms with Crippen LogP contribution in [0.4, 0.5) is 0 Å². The van der Waals surface area contributed by atoms with E-state index in [0.29, 0.717) is 0 Å². The summed E-state index contributed by atoms with van der Waals surface area (Å²) in [4.78, 5) is 11.2. The number of carboxylic acid groups (broad SMARTS) is 1. The van der Waals surface area contributed by atoms with Crippen molar-refractivity contribution in [3.8, 4) is 0 Å². The summed E-state index contributed by atoms with van der Waals surface area (Å²) in [6.45, 7) is 8.97. The molecule has 2 N–H and O–H groups in total. The Morgan fingerprint density at radius 1 is 1.42 bits per heavy atom. The topological polar surface area (TPSA) is 86.7 Å². The van der Waals surface area contributed by atoms with Gasteiger partial charge in [-0.3, -0.25) is 4.79 Å². The monoisotopic (exact) mass is 310 g/mol. The molecule has 0 aromatic rings. The van der Waals surface area contributed by atoms with E-state index in [9.17, 15) is 18.3 Å². The Hall–Kier alpha value is -0.310. The smallest absolute Gasteiger partial charge is 0.322 e. The Balaban J connectivity index is 3.12. The van der Waals surface area contributed by atoms with E-state index in [-0.39, 0.29) is 17.0 Å². The maximum Gasteiger partial charge on any atom is 0.322 e. The predicted octanol–water partition coefficient (Wildman–Crippen LogP) is 1.10. The SMILES string of the molecule is CC(C)C1SCC(C(=O)O)N1S(=O)(=O)NC(C)(C)C. The third-order valence-electron chi connectivity index (χ3n) is 2.55. The second-order valence-electron chi connectivity index (χ2n) is 6.01. The Kier molecular flexibility index (Phi) is 4.93. The fraction of sp³-hybridized carbons (Fsp3) is 0.909. The molecule has 0 spiro atoms. The maximum absolute atomic E-state index is 12.4. The highest BCUT2D eigenvalue weighted by Crippen LogP contribution is 2.36. The van der Waals surface area contributed by atoms with Crippen molar-refractivity contribution >= 4 is 27.9 Å². The maximum atomic E-state index is 12.4. The van der Waals surface area contributed by atoms with Gasteiger partial charge in [0.2, 0.25) is 0 Å². The largest absolute Gasteiger partial charge is 0.480 e. The number of carbonyl (C=O) groups is 1. The van der Waals surface area contributed by atoms with E-state index in [1.54, 1.807) is 20.8 Å². The second kappa shape index (κ2) is 5.59. The number of nitrogens with one attached hydrogen (secondary N) is 1. The molecule has 1 aliphatic heterocycles. The Bertz CT molecular complexity index is 442. The summed E-state index contributed by atoms with van der Waals surface area (Å²) in [6.07, 6.45) is 0. The standard InChI is InChI=1S/C11H22N2O4S2/c1-7(2)9-13(8(6-18-9)10(14)15)19(16,17)12-11(3,4)5/h7-9,12H,6H2,1-5H3,(H,14,15). The summed E-state index contributed by atoms with van der Waals surface area (Å²) >= 11 is 1.37. The van der Waals surface area contributed by atoms with Gasteiger partial charge in [-0.05, 0) is 26.7 Å². The molecule has 1 aliphatic rings. The molecule has 19 heavy (non-hydrogen) atoms. The van der Waals surface area contributed by atoms with E-state index in [2.05, 4.69) is 4.72 Å². The summed E-state index contributed by atoms with van der Waals surface area (Å²) in [5.41, 5.74) is -0.642. The van der Waals surface area contributed by atoms with Crippen LogP contribution in [-0.4, -0.2) is 46.5 Å². The highest BCUT2D eigenvalue weighted by atomic mass is 32.2. The van der Waals surface area contributed by atoms with Gasteiger partial charge in [-0.15, -0.1) is 11.8 Å². The first kappa shape index (κ1) is 16.7. The third-order valence-corrected chi connectivity index (χ3v) is 6.21. The van der Waals surface area contributed by atoms with E-state index in [4.69, 9.17) is 0 Å². The van der Waals surface area contributed by atoms with Crippen molar-refractivity contribution in [1.29, 1.82) is 0 Å². The van der Waals surface area contributed by atoms with Crippen molar-refractivity contribution in [2.75, 3.05) is 5.75 Å². The molecule has 1 heterocycles.